The highest BCUT2D eigenvalue weighted by Gasteiger charge is 2.31. The molecule has 1 saturated heterocycles. The fourth-order valence-electron chi connectivity index (χ4n) is 1.93. The first-order valence-electron chi connectivity index (χ1n) is 5.62. The molecule has 0 bridgehead atoms. The van der Waals surface area contributed by atoms with Crippen molar-refractivity contribution < 1.29 is 27.9 Å². The first-order valence-corrected chi connectivity index (χ1v) is 5.62. The Balaban J connectivity index is 2.38. The number of alkyl halides is 3. The predicted molar refractivity (Wildman–Crippen MR) is 56.1 cm³/mol. The van der Waals surface area contributed by atoms with Crippen LogP contribution in [0.2, 0.25) is 0 Å². The summed E-state index contributed by atoms with van der Waals surface area (Å²) in [4.78, 5) is 23.4. The van der Waals surface area contributed by atoms with Gasteiger partial charge in [-0.25, -0.2) is 4.79 Å². The lowest BCUT2D eigenvalue weighted by molar-refractivity contribution is -0.138. The summed E-state index contributed by atoms with van der Waals surface area (Å²) in [5.41, 5.74) is 0. The monoisotopic (exact) mass is 268 g/mol. The average Bonchev–Trinajstić information content (AvgIpc) is 2.62. The Bertz CT molecular complexity index is 320. The second kappa shape index (κ2) is 5.92. The van der Waals surface area contributed by atoms with Gasteiger partial charge in [0.05, 0.1) is 12.8 Å². The Morgan fingerprint density at radius 2 is 2.06 bits per heavy atom. The smallest absolute Gasteiger partial charge is 0.390 e. The standard InChI is InChI=1S/C10H15F3N2O3/c11-10(12,13)3-4-14-9(18)15-5-1-2-7(15)6-8(16)17/h7H,1-6H2,(H,14,18)(H,16,17). The molecule has 0 aliphatic carbocycles. The van der Waals surface area contributed by atoms with E-state index in [0.29, 0.717) is 19.4 Å². The highest BCUT2D eigenvalue weighted by Crippen LogP contribution is 2.21. The van der Waals surface area contributed by atoms with Crippen molar-refractivity contribution in [1.29, 1.82) is 0 Å². The SMILES string of the molecule is O=C(O)CC1CCCN1C(=O)NCCC(F)(F)F. The molecule has 1 heterocycles. The third kappa shape index (κ3) is 4.80. The Kier molecular flexibility index (Phi) is 4.80. The van der Waals surface area contributed by atoms with Crippen LogP contribution in [0.15, 0.2) is 0 Å². The lowest BCUT2D eigenvalue weighted by Crippen LogP contribution is -2.44. The number of urea groups is 1. The van der Waals surface area contributed by atoms with Gasteiger partial charge in [0.15, 0.2) is 0 Å². The Hall–Kier alpha value is -1.47. The number of nitrogens with zero attached hydrogens (tertiary/aromatic N) is 1. The molecule has 0 aromatic heterocycles. The van der Waals surface area contributed by atoms with Gasteiger partial charge in [0, 0.05) is 19.1 Å². The van der Waals surface area contributed by atoms with Crippen LogP contribution >= 0.6 is 0 Å². The topological polar surface area (TPSA) is 69.6 Å². The lowest BCUT2D eigenvalue weighted by Gasteiger charge is -2.23. The molecule has 104 valence electrons. The van der Waals surface area contributed by atoms with Gasteiger partial charge in [0.1, 0.15) is 0 Å². The summed E-state index contributed by atoms with van der Waals surface area (Å²) >= 11 is 0. The summed E-state index contributed by atoms with van der Waals surface area (Å²) in [6, 6.07) is -1.05. The summed E-state index contributed by atoms with van der Waals surface area (Å²) in [5, 5.41) is 10.8. The Labute approximate surface area is 102 Å². The maximum atomic E-state index is 11.9. The number of hydrogen-bond acceptors (Lipinski definition) is 2. The quantitative estimate of drug-likeness (QED) is 0.813. The molecule has 0 aromatic rings. The minimum Gasteiger partial charge on any atom is -0.481 e. The summed E-state index contributed by atoms with van der Waals surface area (Å²) in [5.74, 6) is -1.02. The average molecular weight is 268 g/mol. The molecule has 1 rings (SSSR count). The van der Waals surface area contributed by atoms with Gasteiger partial charge < -0.3 is 15.3 Å². The molecule has 1 unspecified atom stereocenters. The number of hydrogen-bond donors (Lipinski definition) is 2. The summed E-state index contributed by atoms with van der Waals surface area (Å²) < 4.78 is 35.7. The zero-order valence-electron chi connectivity index (χ0n) is 9.66. The van der Waals surface area contributed by atoms with Crippen molar-refractivity contribution >= 4 is 12.0 Å². The minimum absolute atomic E-state index is 0.174. The van der Waals surface area contributed by atoms with Gasteiger partial charge in [-0.15, -0.1) is 0 Å². The van der Waals surface area contributed by atoms with E-state index in [4.69, 9.17) is 5.11 Å². The normalized spacial score (nSPS) is 19.9. The molecule has 0 saturated carbocycles. The number of carboxylic acid groups (broad SMARTS) is 1. The summed E-state index contributed by atoms with van der Waals surface area (Å²) in [7, 11) is 0. The number of aliphatic carboxylic acids is 1. The molecule has 8 heteroatoms. The van der Waals surface area contributed by atoms with E-state index in [2.05, 4.69) is 5.32 Å². The number of carboxylic acids is 1. The van der Waals surface area contributed by atoms with Gasteiger partial charge >= 0.3 is 18.2 Å². The first-order chi connectivity index (χ1) is 8.29. The van der Waals surface area contributed by atoms with E-state index in [9.17, 15) is 22.8 Å². The molecule has 0 spiro atoms. The first kappa shape index (κ1) is 14.6. The predicted octanol–water partition coefficient (Wildman–Crippen LogP) is 1.59. The van der Waals surface area contributed by atoms with Crippen LogP contribution in [-0.4, -0.2) is 47.3 Å². The Morgan fingerprint density at radius 3 is 2.61 bits per heavy atom. The van der Waals surface area contributed by atoms with Gasteiger partial charge in [-0.3, -0.25) is 4.79 Å². The van der Waals surface area contributed by atoms with Crippen molar-refractivity contribution in [2.45, 2.75) is 37.9 Å². The molecular weight excluding hydrogens is 253 g/mol. The van der Waals surface area contributed by atoms with Gasteiger partial charge in [0.2, 0.25) is 0 Å². The largest absolute Gasteiger partial charge is 0.481 e. The number of carbonyl (C=O) groups is 2. The summed E-state index contributed by atoms with van der Waals surface area (Å²) in [6.45, 7) is -0.103. The molecule has 5 nitrogen and oxygen atoms in total. The van der Waals surface area contributed by atoms with Crippen LogP contribution in [0.5, 0.6) is 0 Å². The van der Waals surface area contributed by atoms with E-state index >= 15 is 0 Å². The number of carbonyl (C=O) groups excluding carboxylic acids is 1. The number of halogens is 3. The number of rotatable bonds is 4. The van der Waals surface area contributed by atoms with Crippen LogP contribution in [0.1, 0.15) is 25.7 Å². The van der Waals surface area contributed by atoms with Crippen LogP contribution in [-0.2, 0) is 4.79 Å². The highest BCUT2D eigenvalue weighted by molar-refractivity contribution is 5.76. The van der Waals surface area contributed by atoms with Crippen molar-refractivity contribution in [3.63, 3.8) is 0 Å². The van der Waals surface area contributed by atoms with Crippen LogP contribution in [0.3, 0.4) is 0 Å². The van der Waals surface area contributed by atoms with Gasteiger partial charge in [-0.2, -0.15) is 13.2 Å². The second-order valence-electron chi connectivity index (χ2n) is 4.18. The molecule has 0 radical (unpaired) electrons. The highest BCUT2D eigenvalue weighted by atomic mass is 19.4. The molecular formula is C10H15F3N2O3. The van der Waals surface area contributed by atoms with E-state index in [1.54, 1.807) is 0 Å². The van der Waals surface area contributed by atoms with Crippen molar-refractivity contribution in [3.8, 4) is 0 Å². The zero-order chi connectivity index (χ0) is 13.8. The molecule has 18 heavy (non-hydrogen) atoms. The van der Waals surface area contributed by atoms with E-state index < -0.39 is 37.2 Å². The fraction of sp³-hybridized carbons (Fsp3) is 0.800. The van der Waals surface area contributed by atoms with Crippen molar-refractivity contribution in [3.05, 3.63) is 0 Å². The summed E-state index contributed by atoms with van der Waals surface area (Å²) in [6.07, 6.45) is -4.33. The van der Waals surface area contributed by atoms with E-state index in [1.165, 1.54) is 4.90 Å². The number of amides is 2. The molecule has 1 aliphatic heterocycles. The van der Waals surface area contributed by atoms with Crippen LogP contribution < -0.4 is 5.32 Å². The maximum absolute atomic E-state index is 11.9. The van der Waals surface area contributed by atoms with Gasteiger partial charge in [-0.1, -0.05) is 0 Å². The molecule has 1 fully saturated rings. The van der Waals surface area contributed by atoms with Crippen molar-refractivity contribution in [1.82, 2.24) is 10.2 Å². The van der Waals surface area contributed by atoms with Crippen molar-refractivity contribution in [2.75, 3.05) is 13.1 Å². The van der Waals surface area contributed by atoms with E-state index in [1.807, 2.05) is 0 Å². The van der Waals surface area contributed by atoms with E-state index in [0.717, 1.165) is 0 Å². The molecule has 1 atom stereocenters. The van der Waals surface area contributed by atoms with Gasteiger partial charge in [-0.05, 0) is 12.8 Å². The van der Waals surface area contributed by atoms with Crippen LogP contribution in [0, 0.1) is 0 Å². The third-order valence-electron chi connectivity index (χ3n) is 2.73. The van der Waals surface area contributed by atoms with Crippen LogP contribution in [0.25, 0.3) is 0 Å². The maximum Gasteiger partial charge on any atom is 0.390 e. The molecule has 1 aliphatic rings. The van der Waals surface area contributed by atoms with Crippen LogP contribution in [0.4, 0.5) is 18.0 Å². The van der Waals surface area contributed by atoms with Crippen molar-refractivity contribution in [2.24, 2.45) is 0 Å². The fourth-order valence-corrected chi connectivity index (χ4v) is 1.93. The molecule has 2 N–H and O–H groups in total. The van der Waals surface area contributed by atoms with E-state index in [-0.39, 0.29) is 6.42 Å². The number of nitrogens with one attached hydrogen (secondary N) is 1. The minimum atomic E-state index is -4.31. The Morgan fingerprint density at radius 1 is 1.39 bits per heavy atom. The molecule has 2 amide bonds. The van der Waals surface area contributed by atoms with Gasteiger partial charge in [0.25, 0.3) is 0 Å². The number of likely N-dealkylation sites (tertiary alicyclic amines) is 1. The lowest BCUT2D eigenvalue weighted by atomic mass is 10.1. The zero-order valence-corrected chi connectivity index (χ0v) is 9.66. The third-order valence-corrected chi connectivity index (χ3v) is 2.73. The molecule has 0 aromatic carbocycles. The second-order valence-corrected chi connectivity index (χ2v) is 4.18.